The Bertz CT molecular complexity index is 975. The fraction of sp³-hybridized carbons (Fsp3) is 0.542. The van der Waals surface area contributed by atoms with Gasteiger partial charge in [0.1, 0.15) is 23.9 Å². The summed E-state index contributed by atoms with van der Waals surface area (Å²) in [5.74, 6) is -2.64. The number of carbonyl (C=O) groups excluding carboxylic acids is 4. The van der Waals surface area contributed by atoms with E-state index in [1.165, 1.54) is 35.7 Å². The molecule has 1 heterocycles. The topological polar surface area (TPSA) is 191 Å². The molecule has 37 heavy (non-hydrogen) atoms. The van der Waals surface area contributed by atoms with Gasteiger partial charge in [0.05, 0.1) is 12.6 Å². The Kier molecular flexibility index (Phi) is 11.7. The number of hydrogen-bond acceptors (Lipinski definition) is 8. The van der Waals surface area contributed by atoms with E-state index in [0.717, 1.165) is 5.56 Å². The van der Waals surface area contributed by atoms with E-state index in [1.807, 2.05) is 6.26 Å². The summed E-state index contributed by atoms with van der Waals surface area (Å²) in [4.78, 5) is 63.0. The molecule has 0 spiro atoms. The molecule has 1 aromatic rings. The molecule has 2 rings (SSSR count). The van der Waals surface area contributed by atoms with Crippen molar-refractivity contribution in [2.75, 3.05) is 25.1 Å². The zero-order valence-electron chi connectivity index (χ0n) is 20.9. The first-order chi connectivity index (χ1) is 17.5. The minimum absolute atomic E-state index is 0.0959. The average molecular weight is 538 g/mol. The lowest BCUT2D eigenvalue weighted by molar-refractivity contribution is -0.144. The second-order valence-corrected chi connectivity index (χ2v) is 9.84. The lowest BCUT2D eigenvalue weighted by atomic mass is 10.1. The molecule has 12 nitrogen and oxygen atoms in total. The predicted octanol–water partition coefficient (Wildman–Crippen LogP) is -0.804. The average Bonchev–Trinajstić information content (AvgIpc) is 3.35. The number of carboxylic acids is 1. The highest BCUT2D eigenvalue weighted by Crippen LogP contribution is 2.19. The highest BCUT2D eigenvalue weighted by Gasteiger charge is 2.37. The molecule has 0 unspecified atom stereocenters. The fourth-order valence-corrected chi connectivity index (χ4v) is 4.42. The zero-order valence-corrected chi connectivity index (χ0v) is 21.8. The molecule has 0 saturated carbocycles. The number of phenols is 1. The van der Waals surface area contributed by atoms with Gasteiger partial charge in [-0.3, -0.25) is 19.2 Å². The van der Waals surface area contributed by atoms with E-state index in [-0.39, 0.29) is 25.1 Å². The van der Waals surface area contributed by atoms with Crippen LogP contribution in [-0.2, 0) is 30.4 Å². The van der Waals surface area contributed by atoms with E-state index in [1.54, 1.807) is 12.1 Å². The smallest absolute Gasteiger partial charge is 0.326 e. The van der Waals surface area contributed by atoms with Gasteiger partial charge in [-0.2, -0.15) is 11.8 Å². The molecule has 1 fully saturated rings. The fourth-order valence-electron chi connectivity index (χ4n) is 3.94. The molecule has 1 aromatic carbocycles. The Morgan fingerprint density at radius 2 is 1.84 bits per heavy atom. The standard InChI is InChI=1S/C24H35N5O7S/c1-14(27-20(31)13-26-21(32)17(25)12-15-5-7-16(30)8-6-15)23(34)29-10-3-4-19(29)22(33)28-18(24(35)36)9-11-37-2/h5-8,14,17-19,30H,3-4,9-13,25H2,1-2H3,(H,26,32)(H,27,31)(H,28,33)(H,35,36)/t14-,17-,18-,19-/m0/s1. The maximum Gasteiger partial charge on any atom is 0.326 e. The number of phenolic OH excluding ortho intramolecular Hbond substituents is 1. The Morgan fingerprint density at radius 3 is 2.46 bits per heavy atom. The van der Waals surface area contributed by atoms with Crippen LogP contribution in [0.4, 0.5) is 0 Å². The minimum atomic E-state index is -1.14. The van der Waals surface area contributed by atoms with Crippen molar-refractivity contribution in [1.82, 2.24) is 20.9 Å². The third kappa shape index (κ3) is 9.25. The van der Waals surface area contributed by atoms with Crippen molar-refractivity contribution in [3.8, 4) is 5.75 Å². The van der Waals surface area contributed by atoms with Gasteiger partial charge in [-0.1, -0.05) is 12.1 Å². The van der Waals surface area contributed by atoms with Gasteiger partial charge in [0, 0.05) is 6.54 Å². The number of thioether (sulfide) groups is 1. The van der Waals surface area contributed by atoms with Crippen LogP contribution in [0.3, 0.4) is 0 Å². The number of benzene rings is 1. The van der Waals surface area contributed by atoms with Crippen LogP contribution in [0.25, 0.3) is 0 Å². The van der Waals surface area contributed by atoms with Crippen molar-refractivity contribution in [3.63, 3.8) is 0 Å². The molecule has 1 aliphatic rings. The summed E-state index contributed by atoms with van der Waals surface area (Å²) in [5.41, 5.74) is 6.63. The van der Waals surface area contributed by atoms with Gasteiger partial charge in [-0.25, -0.2) is 4.79 Å². The van der Waals surface area contributed by atoms with Crippen LogP contribution in [-0.4, -0.2) is 94.0 Å². The number of nitrogens with two attached hydrogens (primary N) is 1. The van der Waals surface area contributed by atoms with E-state index < -0.39 is 53.8 Å². The molecule has 0 aromatic heterocycles. The first-order valence-corrected chi connectivity index (χ1v) is 13.4. The Labute approximate surface area is 219 Å². The summed E-state index contributed by atoms with van der Waals surface area (Å²) < 4.78 is 0. The largest absolute Gasteiger partial charge is 0.508 e. The number of likely N-dealkylation sites (tertiary alicyclic amines) is 1. The number of aromatic hydroxyl groups is 1. The summed E-state index contributed by atoms with van der Waals surface area (Å²) in [6.45, 7) is 1.40. The first kappa shape index (κ1) is 29.9. The highest BCUT2D eigenvalue weighted by molar-refractivity contribution is 7.98. The van der Waals surface area contributed by atoms with Gasteiger partial charge < -0.3 is 36.8 Å². The molecule has 204 valence electrons. The van der Waals surface area contributed by atoms with Crippen LogP contribution in [0, 0.1) is 0 Å². The van der Waals surface area contributed by atoms with Gasteiger partial charge in [-0.15, -0.1) is 0 Å². The van der Waals surface area contributed by atoms with Crippen molar-refractivity contribution < 1.29 is 34.2 Å². The SMILES string of the molecule is CSCC[C@H](NC(=O)[C@@H]1CCCN1C(=O)[C@H](C)NC(=O)CNC(=O)[C@@H](N)Cc1ccc(O)cc1)C(=O)O. The molecule has 0 radical (unpaired) electrons. The van der Waals surface area contributed by atoms with E-state index in [9.17, 15) is 34.2 Å². The number of aliphatic carboxylic acids is 1. The van der Waals surface area contributed by atoms with E-state index in [4.69, 9.17) is 5.73 Å². The molecule has 4 atom stereocenters. The Morgan fingerprint density at radius 1 is 1.16 bits per heavy atom. The van der Waals surface area contributed by atoms with Crippen LogP contribution < -0.4 is 21.7 Å². The maximum absolute atomic E-state index is 12.9. The van der Waals surface area contributed by atoms with Crippen molar-refractivity contribution in [2.45, 2.75) is 56.8 Å². The van der Waals surface area contributed by atoms with Crippen LogP contribution in [0.2, 0.25) is 0 Å². The van der Waals surface area contributed by atoms with Crippen molar-refractivity contribution in [1.29, 1.82) is 0 Å². The van der Waals surface area contributed by atoms with Gasteiger partial charge in [0.2, 0.25) is 23.6 Å². The van der Waals surface area contributed by atoms with Gasteiger partial charge in [-0.05, 0) is 62.3 Å². The molecule has 0 aliphatic carbocycles. The van der Waals surface area contributed by atoms with Crippen LogP contribution in [0.15, 0.2) is 24.3 Å². The number of rotatable bonds is 13. The summed E-state index contributed by atoms with van der Waals surface area (Å²) in [5, 5.41) is 26.1. The van der Waals surface area contributed by atoms with Crippen LogP contribution >= 0.6 is 11.8 Å². The Hall–Kier alpha value is -3.32. The second-order valence-electron chi connectivity index (χ2n) is 8.85. The Balaban J connectivity index is 1.84. The molecular formula is C24H35N5O7S. The van der Waals surface area contributed by atoms with E-state index >= 15 is 0 Å². The minimum Gasteiger partial charge on any atom is -0.508 e. The summed E-state index contributed by atoms with van der Waals surface area (Å²) in [6, 6.07) is 2.51. The van der Waals surface area contributed by atoms with Crippen LogP contribution in [0.5, 0.6) is 5.75 Å². The van der Waals surface area contributed by atoms with E-state index in [2.05, 4.69) is 16.0 Å². The summed E-state index contributed by atoms with van der Waals surface area (Å²) in [7, 11) is 0. The zero-order chi connectivity index (χ0) is 27.5. The molecule has 1 aliphatic heterocycles. The van der Waals surface area contributed by atoms with Gasteiger partial charge >= 0.3 is 5.97 Å². The van der Waals surface area contributed by atoms with Crippen molar-refractivity contribution in [3.05, 3.63) is 29.8 Å². The lowest BCUT2D eigenvalue weighted by Gasteiger charge is -2.28. The number of amides is 4. The molecule has 7 N–H and O–H groups in total. The monoisotopic (exact) mass is 537 g/mol. The quantitative estimate of drug-likeness (QED) is 0.187. The van der Waals surface area contributed by atoms with Crippen molar-refractivity contribution in [2.24, 2.45) is 5.73 Å². The number of hydrogen-bond donors (Lipinski definition) is 6. The third-order valence-corrected chi connectivity index (χ3v) is 6.61. The normalized spacial score (nSPS) is 17.4. The molecule has 13 heteroatoms. The van der Waals surface area contributed by atoms with Crippen molar-refractivity contribution >= 4 is 41.4 Å². The molecule has 4 amide bonds. The summed E-state index contributed by atoms with van der Waals surface area (Å²) in [6.07, 6.45) is 3.27. The third-order valence-electron chi connectivity index (χ3n) is 5.96. The lowest BCUT2D eigenvalue weighted by Crippen LogP contribution is -2.55. The highest BCUT2D eigenvalue weighted by atomic mass is 32.2. The number of carbonyl (C=O) groups is 5. The van der Waals surface area contributed by atoms with Gasteiger partial charge in [0.15, 0.2) is 0 Å². The van der Waals surface area contributed by atoms with E-state index in [0.29, 0.717) is 25.1 Å². The second kappa shape index (κ2) is 14.4. The van der Waals surface area contributed by atoms with Gasteiger partial charge in [0.25, 0.3) is 0 Å². The molecular weight excluding hydrogens is 502 g/mol. The number of nitrogens with one attached hydrogen (secondary N) is 3. The number of nitrogens with zero attached hydrogens (tertiary/aromatic N) is 1. The first-order valence-electron chi connectivity index (χ1n) is 12.0. The predicted molar refractivity (Wildman–Crippen MR) is 138 cm³/mol. The summed E-state index contributed by atoms with van der Waals surface area (Å²) >= 11 is 1.47. The number of carboxylic acid groups (broad SMARTS) is 1. The molecule has 1 saturated heterocycles. The van der Waals surface area contributed by atoms with Crippen LogP contribution in [0.1, 0.15) is 31.7 Å². The molecule has 0 bridgehead atoms. The maximum atomic E-state index is 12.9.